The van der Waals surface area contributed by atoms with Gasteiger partial charge in [-0.1, -0.05) is 13.0 Å². The van der Waals surface area contributed by atoms with Crippen LogP contribution < -0.4 is 0 Å². The Bertz CT molecular complexity index is 108. The number of hydrogen-bond donors (Lipinski definition) is 0. The number of rotatable bonds is 5. The van der Waals surface area contributed by atoms with Gasteiger partial charge < -0.3 is 4.74 Å². The predicted molar refractivity (Wildman–Crippen MR) is 40.7 cm³/mol. The number of carbonyl (C=O) groups excluding carboxylic acids is 1. The summed E-state index contributed by atoms with van der Waals surface area (Å²) in [6.45, 7) is 6.02. The first-order valence-corrected chi connectivity index (χ1v) is 3.57. The van der Waals surface area contributed by atoms with E-state index < -0.39 is 0 Å². The van der Waals surface area contributed by atoms with Crippen LogP contribution in [0.25, 0.3) is 0 Å². The van der Waals surface area contributed by atoms with Gasteiger partial charge in [-0.3, -0.25) is 4.79 Å². The van der Waals surface area contributed by atoms with Crippen LogP contribution in [-0.2, 0) is 9.53 Å². The van der Waals surface area contributed by atoms with Gasteiger partial charge in [0.25, 0.3) is 0 Å². The normalized spacial score (nSPS) is 8.90. The van der Waals surface area contributed by atoms with Gasteiger partial charge in [-0.05, 0) is 12.8 Å². The molecule has 2 nitrogen and oxygen atoms in total. The number of carbonyl (C=O) groups is 1. The van der Waals surface area contributed by atoms with E-state index in [9.17, 15) is 4.79 Å². The second-order valence-corrected chi connectivity index (χ2v) is 2.05. The quantitative estimate of drug-likeness (QED) is 0.433. The number of esters is 1. The molecule has 0 radical (unpaired) electrons. The van der Waals surface area contributed by atoms with Crippen LogP contribution in [0.15, 0.2) is 12.7 Å². The van der Waals surface area contributed by atoms with Gasteiger partial charge >= 0.3 is 5.97 Å². The summed E-state index contributed by atoms with van der Waals surface area (Å²) in [6.07, 6.45) is 3.78. The summed E-state index contributed by atoms with van der Waals surface area (Å²) in [5, 5.41) is 0. The molecule has 0 unspecified atom stereocenters. The molecule has 0 atom stereocenters. The van der Waals surface area contributed by atoms with Crippen molar-refractivity contribution in [3.63, 3.8) is 0 Å². The van der Waals surface area contributed by atoms with Crippen molar-refractivity contribution in [1.29, 1.82) is 0 Å². The van der Waals surface area contributed by atoms with Crippen LogP contribution in [0.5, 0.6) is 0 Å². The topological polar surface area (TPSA) is 26.3 Å². The van der Waals surface area contributed by atoms with E-state index in [0.717, 1.165) is 6.42 Å². The third-order valence-electron chi connectivity index (χ3n) is 1.02. The van der Waals surface area contributed by atoms with Crippen LogP contribution in [0.2, 0.25) is 0 Å². The lowest BCUT2D eigenvalue weighted by Gasteiger charge is -1.99. The zero-order valence-electron chi connectivity index (χ0n) is 6.43. The third kappa shape index (κ3) is 5.35. The van der Waals surface area contributed by atoms with Crippen LogP contribution in [0.4, 0.5) is 0 Å². The number of hydrogen-bond acceptors (Lipinski definition) is 2. The van der Waals surface area contributed by atoms with E-state index >= 15 is 0 Å². The molecule has 0 spiro atoms. The number of ether oxygens (including phenoxy) is 1. The molecule has 0 aliphatic carbocycles. The highest BCUT2D eigenvalue weighted by Gasteiger charge is 1.97. The summed E-state index contributed by atoms with van der Waals surface area (Å²) in [7, 11) is 0. The van der Waals surface area contributed by atoms with Crippen LogP contribution in [0, 0.1) is 0 Å². The molecule has 0 aliphatic rings. The van der Waals surface area contributed by atoms with Crippen molar-refractivity contribution in [3.8, 4) is 0 Å². The Morgan fingerprint density at radius 2 is 2.40 bits per heavy atom. The Labute approximate surface area is 61.9 Å². The summed E-state index contributed by atoms with van der Waals surface area (Å²) in [4.78, 5) is 10.7. The van der Waals surface area contributed by atoms with E-state index in [1.807, 2.05) is 6.92 Å². The minimum atomic E-state index is -0.123. The predicted octanol–water partition coefficient (Wildman–Crippen LogP) is 1.91. The van der Waals surface area contributed by atoms with Gasteiger partial charge in [0.15, 0.2) is 0 Å². The summed E-state index contributed by atoms with van der Waals surface area (Å²) in [5.41, 5.74) is 0. The van der Waals surface area contributed by atoms with Gasteiger partial charge in [-0.25, -0.2) is 0 Å². The highest BCUT2D eigenvalue weighted by molar-refractivity contribution is 5.69. The van der Waals surface area contributed by atoms with Crippen molar-refractivity contribution >= 4 is 5.97 Å². The first-order valence-electron chi connectivity index (χ1n) is 3.57. The average Bonchev–Trinajstić information content (AvgIpc) is 1.97. The molecule has 0 saturated heterocycles. The zero-order valence-corrected chi connectivity index (χ0v) is 6.43. The van der Waals surface area contributed by atoms with E-state index in [4.69, 9.17) is 4.74 Å². The molecule has 10 heavy (non-hydrogen) atoms. The lowest BCUT2D eigenvalue weighted by atomic mass is 10.3. The highest BCUT2D eigenvalue weighted by atomic mass is 16.5. The lowest BCUT2D eigenvalue weighted by molar-refractivity contribution is -0.143. The average molecular weight is 142 g/mol. The molecular formula is C8H14O2. The number of allylic oxidation sites excluding steroid dienone is 1. The Morgan fingerprint density at radius 1 is 1.70 bits per heavy atom. The molecule has 58 valence electrons. The van der Waals surface area contributed by atoms with Gasteiger partial charge in [-0.15, -0.1) is 6.58 Å². The van der Waals surface area contributed by atoms with Crippen LogP contribution >= 0.6 is 0 Å². The van der Waals surface area contributed by atoms with Crippen molar-refractivity contribution in [2.75, 3.05) is 6.61 Å². The molecule has 0 aromatic rings. The van der Waals surface area contributed by atoms with Crippen molar-refractivity contribution in [3.05, 3.63) is 12.7 Å². The summed E-state index contributed by atoms with van der Waals surface area (Å²) in [6, 6.07) is 0. The van der Waals surface area contributed by atoms with Crippen LogP contribution in [0.1, 0.15) is 26.2 Å². The second kappa shape index (κ2) is 6.33. The molecule has 2 heteroatoms. The van der Waals surface area contributed by atoms with Crippen LogP contribution in [0.3, 0.4) is 0 Å². The van der Waals surface area contributed by atoms with Crippen molar-refractivity contribution in [2.45, 2.75) is 26.2 Å². The first-order chi connectivity index (χ1) is 4.81. The summed E-state index contributed by atoms with van der Waals surface area (Å²) in [5.74, 6) is -0.123. The van der Waals surface area contributed by atoms with Crippen molar-refractivity contribution in [2.24, 2.45) is 0 Å². The summed E-state index contributed by atoms with van der Waals surface area (Å²) < 4.78 is 4.81. The summed E-state index contributed by atoms with van der Waals surface area (Å²) >= 11 is 0. The standard InChI is InChI=1S/C8H14O2/c1-3-5-6-8(9)10-7-4-2/h3H,1,4-7H2,2H3. The van der Waals surface area contributed by atoms with E-state index in [1.54, 1.807) is 6.08 Å². The smallest absolute Gasteiger partial charge is 0.306 e. The highest BCUT2D eigenvalue weighted by Crippen LogP contribution is 1.93. The molecule has 0 N–H and O–H groups in total. The zero-order chi connectivity index (χ0) is 7.82. The monoisotopic (exact) mass is 142 g/mol. The molecule has 0 fully saturated rings. The molecule has 0 bridgehead atoms. The molecule has 0 aromatic carbocycles. The largest absolute Gasteiger partial charge is 0.466 e. The first kappa shape index (κ1) is 9.21. The third-order valence-corrected chi connectivity index (χ3v) is 1.02. The van der Waals surface area contributed by atoms with Crippen LogP contribution in [-0.4, -0.2) is 12.6 Å². The van der Waals surface area contributed by atoms with E-state index in [-0.39, 0.29) is 5.97 Å². The van der Waals surface area contributed by atoms with E-state index in [1.165, 1.54) is 0 Å². The Kier molecular flexibility index (Phi) is 5.83. The van der Waals surface area contributed by atoms with Gasteiger partial charge in [0.2, 0.25) is 0 Å². The fourth-order valence-electron chi connectivity index (χ4n) is 0.508. The fraction of sp³-hybridized carbons (Fsp3) is 0.625. The maximum absolute atomic E-state index is 10.7. The molecule has 0 aliphatic heterocycles. The van der Waals surface area contributed by atoms with Gasteiger partial charge in [-0.2, -0.15) is 0 Å². The lowest BCUT2D eigenvalue weighted by Crippen LogP contribution is -2.03. The SMILES string of the molecule is C=CCCC(=O)OCCC. The Hall–Kier alpha value is -0.790. The van der Waals surface area contributed by atoms with Gasteiger partial charge in [0, 0.05) is 6.42 Å². The molecule has 0 saturated carbocycles. The second-order valence-electron chi connectivity index (χ2n) is 2.05. The maximum atomic E-state index is 10.7. The van der Waals surface area contributed by atoms with E-state index in [2.05, 4.69) is 6.58 Å². The molecule has 0 aromatic heterocycles. The minimum Gasteiger partial charge on any atom is -0.466 e. The Balaban J connectivity index is 3.16. The fourth-order valence-corrected chi connectivity index (χ4v) is 0.508. The molecule has 0 rings (SSSR count). The van der Waals surface area contributed by atoms with Gasteiger partial charge in [0.1, 0.15) is 0 Å². The van der Waals surface area contributed by atoms with Gasteiger partial charge in [0.05, 0.1) is 6.61 Å². The van der Waals surface area contributed by atoms with E-state index in [0.29, 0.717) is 19.4 Å². The molecular weight excluding hydrogens is 128 g/mol. The van der Waals surface area contributed by atoms with Crippen molar-refractivity contribution < 1.29 is 9.53 Å². The molecule has 0 amide bonds. The molecule has 0 heterocycles. The van der Waals surface area contributed by atoms with Crippen molar-refractivity contribution in [1.82, 2.24) is 0 Å². The maximum Gasteiger partial charge on any atom is 0.306 e. The minimum absolute atomic E-state index is 0.123. The Morgan fingerprint density at radius 3 is 2.90 bits per heavy atom.